The fourth-order valence-electron chi connectivity index (χ4n) is 8.51. The Morgan fingerprint density at radius 1 is 0.412 bits per heavy atom. The quantitative estimate of drug-likeness (QED) is 0.180. The van der Waals surface area contributed by atoms with Crippen LogP contribution in [0.2, 0.25) is 0 Å². The molecule has 1 heterocycles. The van der Waals surface area contributed by atoms with Gasteiger partial charge in [-0.3, -0.25) is 0 Å². The number of nitrogens with zero attached hydrogens (tertiary/aromatic N) is 2. The first-order chi connectivity index (χ1) is 25.1. The molecule has 51 heavy (non-hydrogen) atoms. The maximum Gasteiger partial charge on any atom is 0.0541 e. The lowest BCUT2D eigenvalue weighted by molar-refractivity contribution is 0.660. The predicted molar refractivity (Wildman–Crippen MR) is 216 cm³/mol. The van der Waals surface area contributed by atoms with Gasteiger partial charge in [0, 0.05) is 38.9 Å². The van der Waals surface area contributed by atoms with Crippen molar-refractivity contribution in [3.63, 3.8) is 0 Å². The van der Waals surface area contributed by atoms with Crippen molar-refractivity contribution in [1.29, 1.82) is 0 Å². The van der Waals surface area contributed by atoms with Crippen LogP contribution in [0, 0.1) is 0 Å². The minimum Gasteiger partial charge on any atom is -0.310 e. The highest BCUT2D eigenvalue weighted by molar-refractivity contribution is 6.09. The average Bonchev–Trinajstić information content (AvgIpc) is 3.64. The minimum atomic E-state index is -0.0423. The highest BCUT2D eigenvalue weighted by atomic mass is 15.1. The molecular weight excluding hydrogens is 617 g/mol. The molecule has 2 nitrogen and oxygen atoms in total. The van der Waals surface area contributed by atoms with Crippen LogP contribution in [-0.2, 0) is 5.41 Å². The van der Waals surface area contributed by atoms with E-state index >= 15 is 0 Å². The maximum atomic E-state index is 2.40. The lowest BCUT2D eigenvalue weighted by atomic mass is 9.82. The molecule has 0 radical (unpaired) electrons. The van der Waals surface area contributed by atoms with E-state index in [1.807, 2.05) is 0 Å². The first kappa shape index (κ1) is 29.5. The van der Waals surface area contributed by atoms with Crippen LogP contribution in [0.25, 0.3) is 60.5 Å². The van der Waals surface area contributed by atoms with Crippen molar-refractivity contribution in [2.24, 2.45) is 0 Å². The van der Waals surface area contributed by atoms with Crippen molar-refractivity contribution in [3.05, 3.63) is 193 Å². The molecule has 9 aromatic rings. The number of hydrogen-bond acceptors (Lipinski definition) is 1. The topological polar surface area (TPSA) is 8.17 Å². The van der Waals surface area contributed by atoms with Gasteiger partial charge in [-0.05, 0) is 105 Å². The number of para-hydroxylation sites is 2. The molecule has 8 aromatic carbocycles. The summed E-state index contributed by atoms with van der Waals surface area (Å²) in [6, 6.07) is 66.6. The smallest absolute Gasteiger partial charge is 0.0541 e. The van der Waals surface area contributed by atoms with Crippen LogP contribution in [0.5, 0.6) is 0 Å². The number of fused-ring (bicyclic) bond motifs is 7. The average molecular weight is 653 g/mol. The van der Waals surface area contributed by atoms with Crippen LogP contribution in [-0.4, -0.2) is 4.57 Å². The first-order valence-electron chi connectivity index (χ1n) is 17.8. The van der Waals surface area contributed by atoms with Gasteiger partial charge >= 0.3 is 0 Å². The zero-order valence-corrected chi connectivity index (χ0v) is 28.7. The van der Waals surface area contributed by atoms with Crippen LogP contribution in [0.3, 0.4) is 0 Å². The summed E-state index contributed by atoms with van der Waals surface area (Å²) in [7, 11) is 0. The molecule has 1 aromatic heterocycles. The van der Waals surface area contributed by atoms with Crippen molar-refractivity contribution < 1.29 is 0 Å². The molecule has 0 aliphatic heterocycles. The Bertz CT molecular complexity index is 2710. The van der Waals surface area contributed by atoms with Crippen LogP contribution in [0.1, 0.15) is 25.0 Å². The third-order valence-corrected chi connectivity index (χ3v) is 11.0. The van der Waals surface area contributed by atoms with Gasteiger partial charge in [-0.15, -0.1) is 0 Å². The molecule has 10 rings (SSSR count). The SMILES string of the molecule is CC1(C)c2ccccc2-c2cc(N(c3ccc(-c4cccc5ccccc45)cc3)c3ccc(-n4c5ccccc5c5ccccc54)cc3)ccc21. The third-order valence-electron chi connectivity index (χ3n) is 11.0. The standard InChI is InChI=1S/C49H36N2/c1-49(2)45-19-8-5-15-41(45)44-32-38(30-31-46(44)49)50(35-24-22-34(23-25-35)40-18-11-13-33-12-3-4-14-39(33)40)36-26-28-37(29-27-36)51-47-20-9-6-16-42(47)43-17-7-10-21-48(43)51/h3-32H,1-2H3. The van der Waals surface area contributed by atoms with Gasteiger partial charge in [-0.1, -0.05) is 135 Å². The Kier molecular flexibility index (Phi) is 6.56. The van der Waals surface area contributed by atoms with E-state index in [-0.39, 0.29) is 5.41 Å². The molecule has 0 bridgehead atoms. The number of anilines is 3. The zero-order valence-electron chi connectivity index (χ0n) is 28.7. The number of aromatic nitrogens is 1. The van der Waals surface area contributed by atoms with Gasteiger partial charge in [0.2, 0.25) is 0 Å². The lowest BCUT2D eigenvalue weighted by Crippen LogP contribution is -2.15. The monoisotopic (exact) mass is 652 g/mol. The van der Waals surface area contributed by atoms with Crippen LogP contribution < -0.4 is 4.90 Å². The Balaban J connectivity index is 1.12. The molecule has 0 spiro atoms. The second kappa shape index (κ2) is 11.3. The van der Waals surface area contributed by atoms with Gasteiger partial charge in [-0.25, -0.2) is 0 Å². The normalized spacial score (nSPS) is 13.1. The molecule has 0 saturated carbocycles. The minimum absolute atomic E-state index is 0.0423. The molecule has 0 unspecified atom stereocenters. The fourth-order valence-corrected chi connectivity index (χ4v) is 8.51. The van der Waals surface area contributed by atoms with Gasteiger partial charge in [0.25, 0.3) is 0 Å². The Morgan fingerprint density at radius 3 is 1.67 bits per heavy atom. The molecule has 1 aliphatic carbocycles. The van der Waals surface area contributed by atoms with Crippen LogP contribution >= 0.6 is 0 Å². The van der Waals surface area contributed by atoms with Crippen molar-refractivity contribution in [1.82, 2.24) is 4.57 Å². The van der Waals surface area contributed by atoms with E-state index in [0.717, 1.165) is 22.7 Å². The maximum absolute atomic E-state index is 2.40. The van der Waals surface area contributed by atoms with Gasteiger partial charge in [-0.2, -0.15) is 0 Å². The molecule has 0 atom stereocenters. The fraction of sp³-hybridized carbons (Fsp3) is 0.0612. The number of hydrogen-bond donors (Lipinski definition) is 0. The second-order valence-corrected chi connectivity index (χ2v) is 14.2. The summed E-state index contributed by atoms with van der Waals surface area (Å²) in [4.78, 5) is 2.40. The zero-order chi connectivity index (χ0) is 34.1. The van der Waals surface area contributed by atoms with Crippen molar-refractivity contribution in [2.75, 3.05) is 4.90 Å². The molecule has 0 N–H and O–H groups in total. The summed E-state index contributed by atoms with van der Waals surface area (Å²) in [5, 5.41) is 5.06. The van der Waals surface area contributed by atoms with E-state index in [9.17, 15) is 0 Å². The highest BCUT2D eigenvalue weighted by Crippen LogP contribution is 2.50. The highest BCUT2D eigenvalue weighted by Gasteiger charge is 2.35. The van der Waals surface area contributed by atoms with Crippen molar-refractivity contribution >= 4 is 49.6 Å². The summed E-state index contributed by atoms with van der Waals surface area (Å²) in [6.07, 6.45) is 0. The van der Waals surface area contributed by atoms with E-state index in [1.165, 1.54) is 66.0 Å². The van der Waals surface area contributed by atoms with Crippen LogP contribution in [0.15, 0.2) is 182 Å². The van der Waals surface area contributed by atoms with Crippen LogP contribution in [0.4, 0.5) is 17.1 Å². The van der Waals surface area contributed by atoms with E-state index in [1.54, 1.807) is 0 Å². The van der Waals surface area contributed by atoms with Gasteiger partial charge in [0.15, 0.2) is 0 Å². The Hall–Kier alpha value is -6.38. The molecular formula is C49H36N2. The summed E-state index contributed by atoms with van der Waals surface area (Å²) in [5.74, 6) is 0. The first-order valence-corrected chi connectivity index (χ1v) is 17.8. The van der Waals surface area contributed by atoms with Crippen molar-refractivity contribution in [2.45, 2.75) is 19.3 Å². The Labute approximate surface area is 298 Å². The predicted octanol–water partition coefficient (Wildman–Crippen LogP) is 13.4. The van der Waals surface area contributed by atoms with E-state index in [2.05, 4.69) is 205 Å². The lowest BCUT2D eigenvalue weighted by Gasteiger charge is -2.27. The molecule has 0 amide bonds. The molecule has 242 valence electrons. The molecule has 0 fully saturated rings. The van der Waals surface area contributed by atoms with Gasteiger partial charge in [0.05, 0.1) is 11.0 Å². The second-order valence-electron chi connectivity index (χ2n) is 14.2. The van der Waals surface area contributed by atoms with Gasteiger partial charge < -0.3 is 9.47 Å². The summed E-state index contributed by atoms with van der Waals surface area (Å²) in [5.41, 5.74) is 14.8. The molecule has 2 heteroatoms. The third kappa shape index (κ3) is 4.57. The summed E-state index contributed by atoms with van der Waals surface area (Å²) >= 11 is 0. The van der Waals surface area contributed by atoms with E-state index in [4.69, 9.17) is 0 Å². The number of benzene rings is 8. The summed E-state index contributed by atoms with van der Waals surface area (Å²) in [6.45, 7) is 4.68. The summed E-state index contributed by atoms with van der Waals surface area (Å²) < 4.78 is 2.38. The number of rotatable bonds is 5. The van der Waals surface area contributed by atoms with E-state index in [0.29, 0.717) is 0 Å². The molecule has 1 aliphatic rings. The largest absolute Gasteiger partial charge is 0.310 e. The Morgan fingerprint density at radius 2 is 0.941 bits per heavy atom. The molecule has 0 saturated heterocycles. The van der Waals surface area contributed by atoms with E-state index < -0.39 is 0 Å². The van der Waals surface area contributed by atoms with Crippen molar-refractivity contribution in [3.8, 4) is 27.9 Å². The van der Waals surface area contributed by atoms with Gasteiger partial charge in [0.1, 0.15) is 0 Å².